The summed E-state index contributed by atoms with van der Waals surface area (Å²) in [6.45, 7) is 1.65. The van der Waals surface area contributed by atoms with Gasteiger partial charge in [0.05, 0.1) is 12.5 Å². The van der Waals surface area contributed by atoms with Gasteiger partial charge in [-0.1, -0.05) is 6.92 Å². The van der Waals surface area contributed by atoms with E-state index in [2.05, 4.69) is 9.97 Å². The third-order valence-electron chi connectivity index (χ3n) is 1.52. The number of rotatable bonds is 3. The van der Waals surface area contributed by atoms with Crippen molar-refractivity contribution < 1.29 is 10.0 Å². The van der Waals surface area contributed by atoms with Crippen LogP contribution < -0.4 is 0 Å². The van der Waals surface area contributed by atoms with Crippen LogP contribution in [0.1, 0.15) is 18.7 Å². The molecule has 1 heterocycles. The Bertz CT molecular complexity index is 283. The minimum absolute atomic E-state index is 0.0787. The second kappa shape index (κ2) is 3.31. The van der Waals surface area contributed by atoms with Gasteiger partial charge in [0, 0.05) is 0 Å². The largest absolute Gasteiger partial charge is 0.396 e. The summed E-state index contributed by atoms with van der Waals surface area (Å²) in [6, 6.07) is 0. The summed E-state index contributed by atoms with van der Waals surface area (Å²) in [5.74, 6) is 0.0909. The van der Waals surface area contributed by atoms with Crippen LogP contribution in [0, 0.1) is 10.1 Å². The number of aliphatic hydroxyl groups is 1. The summed E-state index contributed by atoms with van der Waals surface area (Å²) in [5.41, 5.74) is 0. The van der Waals surface area contributed by atoms with E-state index >= 15 is 0 Å². The van der Waals surface area contributed by atoms with Gasteiger partial charge >= 0.3 is 5.82 Å². The van der Waals surface area contributed by atoms with Gasteiger partial charge in [-0.05, 0) is 4.92 Å². The van der Waals surface area contributed by atoms with Crippen molar-refractivity contribution in [1.29, 1.82) is 0 Å². The quantitative estimate of drug-likeness (QED) is 0.509. The number of aliphatic hydroxyl groups excluding tert-OH is 1. The summed E-state index contributed by atoms with van der Waals surface area (Å²) >= 11 is 0. The van der Waals surface area contributed by atoms with E-state index in [-0.39, 0.29) is 18.3 Å². The average Bonchev–Trinajstić information content (AvgIpc) is 2.51. The second-order valence-electron chi connectivity index (χ2n) is 2.49. The predicted molar refractivity (Wildman–Crippen MR) is 40.7 cm³/mol. The molecule has 0 aliphatic carbocycles. The molecule has 1 rings (SSSR count). The molecule has 66 valence electrons. The van der Waals surface area contributed by atoms with Crippen molar-refractivity contribution in [3.8, 4) is 0 Å². The molecule has 0 saturated heterocycles. The van der Waals surface area contributed by atoms with Crippen LogP contribution in [0.5, 0.6) is 0 Å². The minimum Gasteiger partial charge on any atom is -0.396 e. The van der Waals surface area contributed by atoms with Crippen LogP contribution in [0.15, 0.2) is 6.20 Å². The zero-order valence-electron chi connectivity index (χ0n) is 6.52. The van der Waals surface area contributed by atoms with E-state index < -0.39 is 4.92 Å². The highest BCUT2D eigenvalue weighted by Gasteiger charge is 2.14. The summed E-state index contributed by atoms with van der Waals surface area (Å²) in [6.07, 6.45) is 1.14. The number of nitrogens with zero attached hydrogens (tertiary/aromatic N) is 2. The van der Waals surface area contributed by atoms with Gasteiger partial charge in [-0.2, -0.15) is 0 Å². The van der Waals surface area contributed by atoms with Crippen molar-refractivity contribution in [2.45, 2.75) is 12.8 Å². The van der Waals surface area contributed by atoms with Crippen LogP contribution in [-0.2, 0) is 0 Å². The van der Waals surface area contributed by atoms with Gasteiger partial charge in [0.15, 0.2) is 5.82 Å². The fraction of sp³-hybridized carbons (Fsp3) is 0.500. The van der Waals surface area contributed by atoms with E-state index in [1.807, 2.05) is 0 Å². The Morgan fingerprint density at radius 2 is 2.58 bits per heavy atom. The van der Waals surface area contributed by atoms with Crippen LogP contribution >= 0.6 is 0 Å². The normalized spacial score (nSPS) is 12.8. The Kier molecular flexibility index (Phi) is 2.39. The van der Waals surface area contributed by atoms with E-state index in [1.54, 1.807) is 6.92 Å². The highest BCUT2D eigenvalue weighted by molar-refractivity contribution is 5.16. The summed E-state index contributed by atoms with van der Waals surface area (Å²) in [4.78, 5) is 15.9. The smallest absolute Gasteiger partial charge is 0.340 e. The van der Waals surface area contributed by atoms with Crippen molar-refractivity contribution >= 4 is 5.82 Å². The molecule has 0 amide bonds. The number of hydrogen-bond donors (Lipinski definition) is 2. The lowest BCUT2D eigenvalue weighted by atomic mass is 10.2. The van der Waals surface area contributed by atoms with Gasteiger partial charge in [0.25, 0.3) is 0 Å². The Balaban J connectivity index is 2.84. The third-order valence-corrected chi connectivity index (χ3v) is 1.52. The first kappa shape index (κ1) is 8.66. The minimum atomic E-state index is -0.555. The van der Waals surface area contributed by atoms with E-state index in [9.17, 15) is 10.1 Å². The lowest BCUT2D eigenvalue weighted by Gasteiger charge is -1.97. The van der Waals surface area contributed by atoms with Crippen molar-refractivity contribution in [2.75, 3.05) is 6.61 Å². The molecule has 1 unspecified atom stereocenters. The SMILES string of the molecule is CC(CO)c1ncc([N+](=O)[O-])[nH]1. The average molecular weight is 171 g/mol. The monoisotopic (exact) mass is 171 g/mol. The van der Waals surface area contributed by atoms with Gasteiger partial charge in [-0.3, -0.25) is 0 Å². The molecular formula is C6H9N3O3. The molecule has 0 aliphatic rings. The maximum Gasteiger partial charge on any atom is 0.340 e. The Labute approximate surface area is 68.4 Å². The number of H-pyrrole nitrogens is 1. The first-order chi connectivity index (χ1) is 5.65. The second-order valence-corrected chi connectivity index (χ2v) is 2.49. The number of nitrogens with one attached hydrogen (secondary N) is 1. The molecule has 0 aliphatic heterocycles. The van der Waals surface area contributed by atoms with Crippen LogP contribution in [-0.4, -0.2) is 26.6 Å². The Morgan fingerprint density at radius 1 is 1.92 bits per heavy atom. The molecule has 6 nitrogen and oxygen atoms in total. The Hall–Kier alpha value is -1.43. The molecule has 12 heavy (non-hydrogen) atoms. The number of aromatic nitrogens is 2. The van der Waals surface area contributed by atoms with Gasteiger partial charge in [-0.25, -0.2) is 9.97 Å². The first-order valence-electron chi connectivity index (χ1n) is 3.45. The van der Waals surface area contributed by atoms with E-state index in [0.29, 0.717) is 5.82 Å². The number of aromatic amines is 1. The van der Waals surface area contributed by atoms with E-state index in [1.165, 1.54) is 0 Å². The summed E-state index contributed by atoms with van der Waals surface area (Å²) in [7, 11) is 0. The fourth-order valence-electron chi connectivity index (χ4n) is 0.756. The number of hydrogen-bond acceptors (Lipinski definition) is 4. The van der Waals surface area contributed by atoms with Gasteiger partial charge in [-0.15, -0.1) is 0 Å². The van der Waals surface area contributed by atoms with Crippen molar-refractivity contribution in [1.82, 2.24) is 9.97 Å². The van der Waals surface area contributed by atoms with Crippen molar-refractivity contribution in [2.24, 2.45) is 0 Å². The lowest BCUT2D eigenvalue weighted by molar-refractivity contribution is -0.389. The summed E-state index contributed by atoms with van der Waals surface area (Å²) < 4.78 is 0. The molecule has 0 bridgehead atoms. The van der Waals surface area contributed by atoms with Crippen LogP contribution in [0.25, 0.3) is 0 Å². The van der Waals surface area contributed by atoms with Crippen molar-refractivity contribution in [3.05, 3.63) is 22.1 Å². The lowest BCUT2D eigenvalue weighted by Crippen LogP contribution is -2.01. The molecule has 0 fully saturated rings. The van der Waals surface area contributed by atoms with Crippen LogP contribution in [0.4, 0.5) is 5.82 Å². The van der Waals surface area contributed by atoms with Gasteiger partial charge in [0.2, 0.25) is 0 Å². The predicted octanol–water partition coefficient (Wildman–Crippen LogP) is 0.414. The van der Waals surface area contributed by atoms with Crippen molar-refractivity contribution in [3.63, 3.8) is 0 Å². The molecule has 1 atom stereocenters. The third kappa shape index (κ3) is 1.59. The molecular weight excluding hydrogens is 162 g/mol. The zero-order chi connectivity index (χ0) is 9.14. The van der Waals surface area contributed by atoms with E-state index in [0.717, 1.165) is 6.20 Å². The van der Waals surface area contributed by atoms with E-state index in [4.69, 9.17) is 5.11 Å². The molecule has 0 aromatic carbocycles. The highest BCUT2D eigenvalue weighted by atomic mass is 16.6. The molecule has 0 spiro atoms. The van der Waals surface area contributed by atoms with Crippen LogP contribution in [0.3, 0.4) is 0 Å². The zero-order valence-corrected chi connectivity index (χ0v) is 6.52. The maximum atomic E-state index is 10.2. The molecule has 1 aromatic rings. The first-order valence-corrected chi connectivity index (χ1v) is 3.45. The molecule has 2 N–H and O–H groups in total. The molecule has 0 radical (unpaired) electrons. The van der Waals surface area contributed by atoms with Gasteiger partial charge in [0.1, 0.15) is 6.20 Å². The van der Waals surface area contributed by atoms with Gasteiger partial charge < -0.3 is 15.2 Å². The maximum absolute atomic E-state index is 10.2. The Morgan fingerprint density at radius 3 is 3.00 bits per heavy atom. The molecule has 1 aromatic heterocycles. The fourth-order valence-corrected chi connectivity index (χ4v) is 0.756. The standard InChI is InChI=1S/C6H9N3O3/c1-4(3-10)6-7-2-5(8-6)9(11)12/h2,4,10H,3H2,1H3,(H,7,8). The molecule has 0 saturated carbocycles. The number of nitro groups is 1. The molecule has 6 heteroatoms. The summed E-state index contributed by atoms with van der Waals surface area (Å²) in [5, 5.41) is 18.9. The van der Waals surface area contributed by atoms with Crippen LogP contribution in [0.2, 0.25) is 0 Å². The number of imidazole rings is 1. The topological polar surface area (TPSA) is 92.1 Å². The highest BCUT2D eigenvalue weighted by Crippen LogP contribution is 2.13.